The lowest BCUT2D eigenvalue weighted by Gasteiger charge is -2.38. The van der Waals surface area contributed by atoms with Gasteiger partial charge in [0, 0.05) is 25.3 Å². The number of piperazine rings is 1. The fourth-order valence-electron chi connectivity index (χ4n) is 2.94. The van der Waals surface area contributed by atoms with Crippen molar-refractivity contribution >= 4 is 11.8 Å². The predicted octanol–water partition coefficient (Wildman–Crippen LogP) is 2.63. The number of hydrogen-bond acceptors (Lipinski definition) is 4. The summed E-state index contributed by atoms with van der Waals surface area (Å²) in [4.78, 5) is 20.5. The van der Waals surface area contributed by atoms with E-state index in [4.69, 9.17) is 0 Å². The highest BCUT2D eigenvalue weighted by Crippen LogP contribution is 2.15. The van der Waals surface area contributed by atoms with E-state index < -0.39 is 0 Å². The van der Waals surface area contributed by atoms with Gasteiger partial charge in [-0.15, -0.1) is 0 Å². The number of carbonyl (C=O) groups excluding carboxylic acids is 1. The average molecular weight is 335 g/mol. The van der Waals surface area contributed by atoms with Crippen molar-refractivity contribution in [1.82, 2.24) is 14.8 Å². The Bertz CT molecular complexity index is 771. The van der Waals surface area contributed by atoms with E-state index in [0.717, 1.165) is 5.69 Å². The maximum Gasteiger partial charge on any atom is 0.323 e. The first kappa shape index (κ1) is 16.9. The van der Waals surface area contributed by atoms with Gasteiger partial charge in [-0.25, -0.2) is 9.78 Å². The number of anilines is 1. The molecule has 2 amide bonds. The standard InChI is InChI=1S/C19H21N5O/c1-15-6-5-9-18(21-15)22-19(25)24-11-10-23(17(12-20)14-24)13-16-7-3-2-4-8-16/h2-9,17H,10-11,13-14H2,1H3,(H,21,22,25). The molecule has 1 fully saturated rings. The van der Waals surface area contributed by atoms with Crippen LogP contribution in [0, 0.1) is 18.3 Å². The van der Waals surface area contributed by atoms with E-state index in [9.17, 15) is 10.1 Å². The molecule has 1 aliphatic rings. The Morgan fingerprint density at radius 1 is 1.24 bits per heavy atom. The SMILES string of the molecule is Cc1cccc(NC(=O)N2CCN(Cc3ccccc3)C(C#N)C2)n1. The molecule has 1 aliphatic heterocycles. The first-order valence-electron chi connectivity index (χ1n) is 8.33. The van der Waals surface area contributed by atoms with Gasteiger partial charge in [-0.3, -0.25) is 10.2 Å². The highest BCUT2D eigenvalue weighted by molar-refractivity contribution is 5.88. The van der Waals surface area contributed by atoms with Gasteiger partial charge in [-0.05, 0) is 24.6 Å². The number of nitrogens with one attached hydrogen (secondary N) is 1. The van der Waals surface area contributed by atoms with Gasteiger partial charge >= 0.3 is 6.03 Å². The van der Waals surface area contributed by atoms with Gasteiger partial charge in [-0.2, -0.15) is 5.26 Å². The largest absolute Gasteiger partial charge is 0.323 e. The molecule has 1 unspecified atom stereocenters. The third kappa shape index (κ3) is 4.34. The second-order valence-corrected chi connectivity index (χ2v) is 6.14. The van der Waals surface area contributed by atoms with Gasteiger partial charge in [0.1, 0.15) is 11.9 Å². The van der Waals surface area contributed by atoms with Crippen molar-refractivity contribution in [2.24, 2.45) is 0 Å². The lowest BCUT2D eigenvalue weighted by Crippen LogP contribution is -2.54. The Morgan fingerprint density at radius 2 is 2.04 bits per heavy atom. The van der Waals surface area contributed by atoms with Crippen molar-refractivity contribution in [3.8, 4) is 6.07 Å². The predicted molar refractivity (Wildman–Crippen MR) is 95.8 cm³/mol. The molecule has 1 saturated heterocycles. The monoisotopic (exact) mass is 335 g/mol. The highest BCUT2D eigenvalue weighted by Gasteiger charge is 2.29. The molecule has 128 valence electrons. The number of amides is 2. The number of urea groups is 1. The van der Waals surface area contributed by atoms with Crippen LogP contribution in [0.15, 0.2) is 48.5 Å². The number of rotatable bonds is 3. The Balaban J connectivity index is 1.61. The zero-order valence-electron chi connectivity index (χ0n) is 14.2. The molecule has 2 aromatic rings. The summed E-state index contributed by atoms with van der Waals surface area (Å²) in [6.45, 7) is 4.24. The van der Waals surface area contributed by atoms with E-state index >= 15 is 0 Å². The first-order valence-corrected chi connectivity index (χ1v) is 8.33. The molecular weight excluding hydrogens is 314 g/mol. The lowest BCUT2D eigenvalue weighted by molar-refractivity contribution is 0.114. The van der Waals surface area contributed by atoms with E-state index in [-0.39, 0.29) is 12.1 Å². The van der Waals surface area contributed by atoms with E-state index in [1.807, 2.05) is 37.3 Å². The number of hydrogen-bond donors (Lipinski definition) is 1. The van der Waals surface area contributed by atoms with Gasteiger partial charge in [0.05, 0.1) is 12.6 Å². The Labute approximate surface area is 147 Å². The van der Waals surface area contributed by atoms with Crippen molar-refractivity contribution in [3.63, 3.8) is 0 Å². The number of pyridine rings is 1. The van der Waals surface area contributed by atoms with Gasteiger partial charge in [0.15, 0.2) is 0 Å². The van der Waals surface area contributed by atoms with Crippen LogP contribution in [0.4, 0.5) is 10.6 Å². The number of carbonyl (C=O) groups is 1. The highest BCUT2D eigenvalue weighted by atomic mass is 16.2. The third-order valence-electron chi connectivity index (χ3n) is 4.28. The number of nitriles is 1. The maximum absolute atomic E-state index is 12.5. The van der Waals surface area contributed by atoms with Crippen molar-refractivity contribution in [1.29, 1.82) is 5.26 Å². The third-order valence-corrected chi connectivity index (χ3v) is 4.28. The second-order valence-electron chi connectivity index (χ2n) is 6.14. The summed E-state index contributed by atoms with van der Waals surface area (Å²) in [5, 5.41) is 12.3. The van der Waals surface area contributed by atoms with E-state index in [1.54, 1.807) is 11.0 Å². The molecule has 0 radical (unpaired) electrons. The zero-order chi connectivity index (χ0) is 17.6. The summed E-state index contributed by atoms with van der Waals surface area (Å²) < 4.78 is 0. The Morgan fingerprint density at radius 3 is 2.76 bits per heavy atom. The van der Waals surface area contributed by atoms with Crippen LogP contribution in [0.3, 0.4) is 0 Å². The lowest BCUT2D eigenvalue weighted by atomic mass is 10.1. The van der Waals surface area contributed by atoms with Gasteiger partial charge in [0.25, 0.3) is 0 Å². The van der Waals surface area contributed by atoms with Crippen LogP contribution >= 0.6 is 0 Å². The van der Waals surface area contributed by atoms with Gasteiger partial charge in [-0.1, -0.05) is 36.4 Å². The molecule has 6 nitrogen and oxygen atoms in total. The smallest absolute Gasteiger partial charge is 0.321 e. The first-order chi connectivity index (χ1) is 12.2. The fraction of sp³-hybridized carbons (Fsp3) is 0.316. The van der Waals surface area contributed by atoms with Crippen LogP contribution in [-0.4, -0.2) is 46.5 Å². The van der Waals surface area contributed by atoms with E-state index in [0.29, 0.717) is 32.0 Å². The van der Waals surface area contributed by atoms with Crippen molar-refractivity contribution in [2.75, 3.05) is 25.0 Å². The second kappa shape index (κ2) is 7.77. The molecule has 2 heterocycles. The number of aromatic nitrogens is 1. The van der Waals surface area contributed by atoms with Crippen LogP contribution in [-0.2, 0) is 6.54 Å². The summed E-state index contributed by atoms with van der Waals surface area (Å²) in [5.74, 6) is 0.533. The number of aryl methyl sites for hydroxylation is 1. The van der Waals surface area contributed by atoms with Gasteiger partial charge in [0.2, 0.25) is 0 Å². The summed E-state index contributed by atoms with van der Waals surface area (Å²) in [7, 11) is 0. The zero-order valence-corrected chi connectivity index (χ0v) is 14.2. The molecule has 0 spiro atoms. The molecule has 6 heteroatoms. The van der Waals surface area contributed by atoms with Crippen LogP contribution in [0.1, 0.15) is 11.3 Å². The maximum atomic E-state index is 12.5. The topological polar surface area (TPSA) is 72.3 Å². The fourth-order valence-corrected chi connectivity index (χ4v) is 2.94. The van der Waals surface area contributed by atoms with E-state index in [1.165, 1.54) is 5.56 Å². The number of nitrogens with zero attached hydrogens (tertiary/aromatic N) is 4. The molecule has 25 heavy (non-hydrogen) atoms. The Hall–Kier alpha value is -2.91. The molecule has 1 atom stereocenters. The molecule has 3 rings (SSSR count). The molecule has 0 aliphatic carbocycles. The van der Waals surface area contributed by atoms with Crippen LogP contribution in [0.25, 0.3) is 0 Å². The molecule has 1 aromatic heterocycles. The van der Waals surface area contributed by atoms with Crippen molar-refractivity contribution < 1.29 is 4.79 Å². The number of benzene rings is 1. The van der Waals surface area contributed by atoms with Crippen LogP contribution < -0.4 is 5.32 Å². The average Bonchev–Trinajstić information content (AvgIpc) is 2.63. The molecule has 1 N–H and O–H groups in total. The minimum Gasteiger partial charge on any atom is -0.321 e. The minimum absolute atomic E-state index is 0.210. The normalized spacial score (nSPS) is 17.8. The molecular formula is C19H21N5O. The summed E-state index contributed by atoms with van der Waals surface area (Å²) in [5.41, 5.74) is 2.02. The summed E-state index contributed by atoms with van der Waals surface area (Å²) >= 11 is 0. The molecule has 0 bridgehead atoms. The Kier molecular flexibility index (Phi) is 5.26. The minimum atomic E-state index is -0.315. The van der Waals surface area contributed by atoms with Crippen molar-refractivity contribution in [3.05, 3.63) is 59.8 Å². The quantitative estimate of drug-likeness (QED) is 0.936. The summed E-state index contributed by atoms with van der Waals surface area (Å²) in [6.07, 6.45) is 0. The molecule has 0 saturated carbocycles. The molecule has 1 aromatic carbocycles. The van der Waals surface area contributed by atoms with Crippen molar-refractivity contribution in [2.45, 2.75) is 19.5 Å². The summed E-state index contributed by atoms with van der Waals surface area (Å²) in [6, 6.07) is 17.4. The van der Waals surface area contributed by atoms with Crippen LogP contribution in [0.5, 0.6) is 0 Å². The van der Waals surface area contributed by atoms with E-state index in [2.05, 4.69) is 33.4 Å². The van der Waals surface area contributed by atoms with Gasteiger partial charge < -0.3 is 4.90 Å². The van der Waals surface area contributed by atoms with Crippen LogP contribution in [0.2, 0.25) is 0 Å².